The van der Waals surface area contributed by atoms with Gasteiger partial charge in [-0.15, -0.1) is 0 Å². The van der Waals surface area contributed by atoms with Gasteiger partial charge >= 0.3 is 41.8 Å². The van der Waals surface area contributed by atoms with E-state index < -0.39 is 108 Å². The van der Waals surface area contributed by atoms with Crippen molar-refractivity contribution in [1.29, 1.82) is 0 Å². The molecule has 2 aliphatic heterocycles. The Morgan fingerprint density at radius 3 is 2.22 bits per heavy atom. The van der Waals surface area contributed by atoms with E-state index in [2.05, 4.69) is 15.3 Å². The topological polar surface area (TPSA) is 280 Å². The number of H-pyrrole nitrogens is 1. The van der Waals surface area contributed by atoms with E-state index in [1.165, 1.54) is 35.2 Å². The highest BCUT2D eigenvalue weighted by Gasteiger charge is 2.53. The minimum Gasteiger partial charge on any atom is -0.463 e. The van der Waals surface area contributed by atoms with Crippen molar-refractivity contribution in [3.8, 4) is 22.9 Å². The van der Waals surface area contributed by atoms with Gasteiger partial charge in [0.05, 0.1) is 27.4 Å². The molecule has 67 heavy (non-hydrogen) atoms. The van der Waals surface area contributed by atoms with Gasteiger partial charge in [0.25, 0.3) is 5.56 Å². The van der Waals surface area contributed by atoms with Gasteiger partial charge in [-0.05, 0) is 67.3 Å². The third-order valence-corrected chi connectivity index (χ3v) is 10.7. The Hall–Kier alpha value is -7.04. The van der Waals surface area contributed by atoms with Crippen LogP contribution in [0.5, 0.6) is 11.5 Å². The molecule has 0 bridgehead atoms. The van der Waals surface area contributed by atoms with Crippen LogP contribution in [-0.2, 0) is 54.2 Å². The lowest BCUT2D eigenvalue weighted by molar-refractivity contribution is -0.387. The van der Waals surface area contributed by atoms with Crippen molar-refractivity contribution in [2.45, 2.75) is 90.3 Å². The van der Waals surface area contributed by atoms with Crippen molar-refractivity contribution < 1.29 is 71.6 Å². The van der Waals surface area contributed by atoms with Crippen molar-refractivity contribution in [3.05, 3.63) is 90.7 Å². The number of aromatic nitrogens is 2. The number of piperidine rings is 1. The lowest BCUT2D eigenvalue weighted by atomic mass is 9.98. The maximum absolute atomic E-state index is 13.7. The van der Waals surface area contributed by atoms with Crippen LogP contribution in [0.4, 0.5) is 15.3 Å². The Balaban J connectivity index is 1.12. The molecule has 3 heterocycles. The third kappa shape index (κ3) is 12.9. The van der Waals surface area contributed by atoms with E-state index in [0.29, 0.717) is 29.9 Å². The molecule has 2 aliphatic rings. The molecule has 3 aromatic carbocycles. The highest BCUT2D eigenvalue weighted by atomic mass is 35.5. The summed E-state index contributed by atoms with van der Waals surface area (Å²) in [6.07, 6.45) is -7.65. The molecule has 0 aliphatic carbocycles. The second kappa shape index (κ2) is 22.0. The average molecular weight is 973 g/mol. The highest BCUT2D eigenvalue weighted by molar-refractivity contribution is 6.31. The van der Waals surface area contributed by atoms with Crippen LogP contribution in [0.1, 0.15) is 52.5 Å². The van der Waals surface area contributed by atoms with Crippen molar-refractivity contribution in [1.82, 2.24) is 20.2 Å². The molecule has 2 saturated heterocycles. The number of carbonyl (C=O) groups is 6. The Bertz CT molecular complexity index is 2630. The van der Waals surface area contributed by atoms with Gasteiger partial charge in [-0.1, -0.05) is 29.3 Å². The summed E-state index contributed by atoms with van der Waals surface area (Å²) in [7, 11) is 0. The first-order valence-electron chi connectivity index (χ1n) is 20.5. The Morgan fingerprint density at radius 2 is 1.52 bits per heavy atom. The molecule has 1 aromatic heterocycles. The molecular formula is C43H43Cl2N5O17. The quantitative estimate of drug-likeness (QED) is 0.0678. The molecular weight excluding hydrogens is 929 g/mol. The van der Waals surface area contributed by atoms with Crippen molar-refractivity contribution in [2.75, 3.05) is 19.7 Å². The average Bonchev–Trinajstić information content (AvgIpc) is 3.26. The van der Waals surface area contributed by atoms with Crippen molar-refractivity contribution in [2.24, 2.45) is 0 Å². The summed E-state index contributed by atoms with van der Waals surface area (Å²) < 4.78 is 44.1. The molecule has 6 atom stereocenters. The molecule has 0 radical (unpaired) electrons. The van der Waals surface area contributed by atoms with Gasteiger partial charge in [0.2, 0.25) is 12.4 Å². The first-order chi connectivity index (χ1) is 31.9. The lowest BCUT2D eigenvalue weighted by Gasteiger charge is -2.43. The molecule has 0 spiro atoms. The van der Waals surface area contributed by atoms with E-state index in [1.54, 1.807) is 12.1 Å². The molecule has 1 unspecified atom stereocenters. The number of rotatable bonds is 14. The highest BCUT2D eigenvalue weighted by Crippen LogP contribution is 2.36. The van der Waals surface area contributed by atoms with Crippen LogP contribution in [0, 0.1) is 10.1 Å². The van der Waals surface area contributed by atoms with Crippen LogP contribution in [-0.4, -0.2) is 112 Å². The number of ether oxygens (including phenoxy) is 8. The van der Waals surface area contributed by atoms with Crippen LogP contribution in [0.25, 0.3) is 22.3 Å². The molecule has 24 heteroatoms. The van der Waals surface area contributed by atoms with Gasteiger partial charge in [0, 0.05) is 56.9 Å². The number of hydrogen-bond donors (Lipinski definition) is 2. The number of amides is 2. The van der Waals surface area contributed by atoms with Gasteiger partial charge in [-0.2, -0.15) is 0 Å². The summed E-state index contributed by atoms with van der Waals surface area (Å²) in [6.45, 7) is 3.43. The monoisotopic (exact) mass is 971 g/mol. The van der Waals surface area contributed by atoms with E-state index in [1.807, 2.05) is 0 Å². The second-order valence-electron chi connectivity index (χ2n) is 15.1. The number of carbonyl (C=O) groups excluding carboxylic acids is 6. The van der Waals surface area contributed by atoms with Gasteiger partial charge in [-0.25, -0.2) is 14.6 Å². The van der Waals surface area contributed by atoms with E-state index in [4.69, 9.17) is 61.1 Å². The minimum atomic E-state index is -1.76. The standard InChI is InChI=1S/C43H43Cl2N5O17/c1-21(51)60-20-35-36(62-22(2)52)37(63-23(3)53)38(64-24(4)54)41(66-35)65-34-12-8-25(15-32(34)50(58)59)19-61-42(56)46-18-28-7-5-6-14-49(28)43(57)67-33-13-10-27(45)17-30(33)39-47-31-11-9-26(44)16-29(31)40(55)48-39/h8-13,15-17,28,35-38,41H,5-7,14,18-20H2,1-4H3,(H,46,56)(H,47,48,55)/t28?,35-,36+,37+,38-,41-/m1/s1. The van der Waals surface area contributed by atoms with Crippen molar-refractivity contribution in [3.63, 3.8) is 0 Å². The lowest BCUT2D eigenvalue weighted by Crippen LogP contribution is -2.63. The summed E-state index contributed by atoms with van der Waals surface area (Å²) in [5.74, 6) is -3.68. The summed E-state index contributed by atoms with van der Waals surface area (Å²) in [5.41, 5.74) is -0.389. The largest absolute Gasteiger partial charge is 0.463 e. The summed E-state index contributed by atoms with van der Waals surface area (Å²) in [6, 6.07) is 12.1. The molecule has 2 N–H and O–H groups in total. The number of nitro benzene ring substituents is 1. The Morgan fingerprint density at radius 1 is 0.851 bits per heavy atom. The number of nitrogens with zero attached hydrogens (tertiary/aromatic N) is 3. The SMILES string of the molecule is CC(=O)OC[C@H]1O[C@@H](Oc2ccc(COC(=O)NCC3CCCCN3C(=O)Oc3ccc(Cl)cc3-c3nc4ccc(Cl)cc4c(=O)[nH]3)cc2[N+](=O)[O-])[C@H](OC(C)=O)[C@@H](OC(C)=O)[C@H]1OC(C)=O. The summed E-state index contributed by atoms with van der Waals surface area (Å²) in [4.78, 5) is 108. The zero-order valence-electron chi connectivity index (χ0n) is 36.1. The molecule has 2 fully saturated rings. The number of nitrogens with one attached hydrogen (secondary N) is 2. The van der Waals surface area contributed by atoms with Crippen LogP contribution < -0.4 is 20.3 Å². The van der Waals surface area contributed by atoms with Gasteiger partial charge in [-0.3, -0.25) is 34.1 Å². The smallest absolute Gasteiger partial charge is 0.415 e. The van der Waals surface area contributed by atoms with E-state index >= 15 is 0 Å². The fourth-order valence-corrected chi connectivity index (χ4v) is 7.67. The third-order valence-electron chi connectivity index (χ3n) is 10.2. The summed E-state index contributed by atoms with van der Waals surface area (Å²) in [5, 5.41) is 15.8. The first-order valence-corrected chi connectivity index (χ1v) is 21.3. The number of fused-ring (bicyclic) bond motifs is 1. The number of likely N-dealkylation sites (tertiary alicyclic amines) is 1. The molecule has 22 nitrogen and oxygen atoms in total. The number of benzene rings is 3. The Kier molecular flexibility index (Phi) is 16.2. The van der Waals surface area contributed by atoms with E-state index in [9.17, 15) is 43.7 Å². The number of nitro groups is 1. The van der Waals surface area contributed by atoms with Gasteiger partial charge in [0.15, 0.2) is 18.0 Å². The van der Waals surface area contributed by atoms with E-state index in [-0.39, 0.29) is 39.7 Å². The zero-order valence-corrected chi connectivity index (χ0v) is 37.7. The summed E-state index contributed by atoms with van der Waals surface area (Å²) >= 11 is 12.4. The van der Waals surface area contributed by atoms with Crippen LogP contribution in [0.3, 0.4) is 0 Å². The van der Waals surface area contributed by atoms with Crippen LogP contribution >= 0.6 is 23.2 Å². The van der Waals surface area contributed by atoms with Crippen LogP contribution in [0.15, 0.2) is 59.4 Å². The second-order valence-corrected chi connectivity index (χ2v) is 16.0. The predicted molar refractivity (Wildman–Crippen MR) is 232 cm³/mol. The number of hydrogen-bond acceptors (Lipinski definition) is 18. The molecule has 356 valence electrons. The van der Waals surface area contributed by atoms with Crippen molar-refractivity contribution >= 4 is 75.9 Å². The molecule has 4 aromatic rings. The fraction of sp³-hybridized carbons (Fsp3) is 0.395. The number of alkyl carbamates (subject to hydrolysis) is 1. The normalized spacial score (nSPS) is 20.2. The number of halogens is 2. The number of aromatic amines is 1. The van der Waals surface area contributed by atoms with Gasteiger partial charge < -0.3 is 53.1 Å². The van der Waals surface area contributed by atoms with Gasteiger partial charge in [0.1, 0.15) is 30.9 Å². The fourth-order valence-electron chi connectivity index (χ4n) is 7.33. The molecule has 0 saturated carbocycles. The predicted octanol–water partition coefficient (Wildman–Crippen LogP) is 5.55. The first kappa shape index (κ1) is 49.4. The maximum atomic E-state index is 13.7. The Labute approximate surface area is 390 Å². The number of esters is 4. The van der Waals surface area contributed by atoms with Crippen LogP contribution in [0.2, 0.25) is 10.0 Å². The minimum absolute atomic E-state index is 0.0492. The molecule has 2 amide bonds. The zero-order chi connectivity index (χ0) is 48.5. The molecule has 6 rings (SSSR count). The maximum Gasteiger partial charge on any atom is 0.415 e. The van der Waals surface area contributed by atoms with E-state index in [0.717, 1.165) is 46.2 Å².